The first-order chi connectivity index (χ1) is 33.5. The van der Waals surface area contributed by atoms with Crippen molar-refractivity contribution in [3.8, 4) is 5.75 Å². The second-order valence-corrected chi connectivity index (χ2v) is 17.7. The second-order valence-electron chi connectivity index (χ2n) is 17.7. The summed E-state index contributed by atoms with van der Waals surface area (Å²) in [5.74, 6) is 1.92. The summed E-state index contributed by atoms with van der Waals surface area (Å²) in [5, 5.41) is 12.2. The fraction of sp³-hybridized carbons (Fsp3) is 0.712. The molecule has 0 amide bonds. The molecule has 1 fully saturated rings. The van der Waals surface area contributed by atoms with Gasteiger partial charge in [0.2, 0.25) is 0 Å². The van der Waals surface area contributed by atoms with Crippen LogP contribution in [0, 0.1) is 6.92 Å². The fourth-order valence-electron chi connectivity index (χ4n) is 8.77. The highest BCUT2D eigenvalue weighted by Gasteiger charge is 2.32. The molecule has 16 heteroatoms. The lowest BCUT2D eigenvalue weighted by atomic mass is 10.0. The minimum absolute atomic E-state index is 0.344. The average molecular weight is 952 g/mol. The number of fused-ring (bicyclic) bond motifs is 1. The molecule has 3 heterocycles. The summed E-state index contributed by atoms with van der Waals surface area (Å²) in [6.07, 6.45) is 11.7. The molecule has 2 aromatic carbocycles. The van der Waals surface area contributed by atoms with E-state index in [1.54, 1.807) is 0 Å². The smallest absolute Gasteiger partial charge is 0.121 e. The minimum atomic E-state index is 0.344. The molecule has 16 nitrogen and oxygen atoms in total. The number of aryl methyl sites for hydroxylation is 2. The summed E-state index contributed by atoms with van der Waals surface area (Å²) in [6, 6.07) is 19.1. The number of nitrogens with one attached hydrogen (secondary N) is 1. The molecule has 4 unspecified atom stereocenters. The molecule has 1 saturated heterocycles. The van der Waals surface area contributed by atoms with Crippen LogP contribution in [0.4, 0.5) is 0 Å². The number of rotatable bonds is 41. The molecular formula is C52H85N7O9. The lowest BCUT2D eigenvalue weighted by molar-refractivity contribution is -0.0233. The van der Waals surface area contributed by atoms with E-state index < -0.39 is 0 Å². The van der Waals surface area contributed by atoms with Gasteiger partial charge in [0.05, 0.1) is 129 Å². The number of likely N-dealkylation sites (tertiary alicyclic amines) is 1. The fourth-order valence-corrected chi connectivity index (χ4v) is 8.77. The van der Waals surface area contributed by atoms with E-state index in [1.165, 1.54) is 23.9 Å². The van der Waals surface area contributed by atoms with E-state index in [0.29, 0.717) is 136 Å². The molecule has 0 bridgehead atoms. The van der Waals surface area contributed by atoms with Gasteiger partial charge >= 0.3 is 0 Å². The van der Waals surface area contributed by atoms with Gasteiger partial charge in [0, 0.05) is 49.6 Å². The SMILES string of the molecule is CCCCOCCOCCOCCOCCOCCOCCOCCOCCn1cc(CCCCOc2ccc3c(c2)nc(C)n3C(C)CC2CCC(C)N2CCC(NC)c2ccccc2)nn1. The highest BCUT2D eigenvalue weighted by atomic mass is 16.6. The van der Waals surface area contributed by atoms with Gasteiger partial charge in [-0.3, -0.25) is 4.90 Å². The van der Waals surface area contributed by atoms with Crippen LogP contribution in [0.1, 0.15) is 101 Å². The maximum Gasteiger partial charge on any atom is 0.121 e. The highest BCUT2D eigenvalue weighted by Crippen LogP contribution is 2.33. The minimum Gasteiger partial charge on any atom is -0.494 e. The Bertz CT molecular complexity index is 1870. The lowest BCUT2D eigenvalue weighted by Gasteiger charge is -2.32. The first-order valence-electron chi connectivity index (χ1n) is 25.6. The van der Waals surface area contributed by atoms with Crippen molar-refractivity contribution in [3.05, 3.63) is 71.8 Å². The Morgan fingerprint density at radius 3 is 1.90 bits per heavy atom. The predicted molar refractivity (Wildman–Crippen MR) is 266 cm³/mol. The van der Waals surface area contributed by atoms with Crippen molar-refractivity contribution >= 4 is 11.0 Å². The molecule has 1 N–H and O–H groups in total. The quantitative estimate of drug-likeness (QED) is 0.0440. The van der Waals surface area contributed by atoms with Crippen LogP contribution in [-0.2, 0) is 50.9 Å². The summed E-state index contributed by atoms with van der Waals surface area (Å²) in [5.41, 5.74) is 4.51. The summed E-state index contributed by atoms with van der Waals surface area (Å²) in [7, 11) is 2.08. The van der Waals surface area contributed by atoms with Gasteiger partial charge in [-0.15, -0.1) is 5.10 Å². The van der Waals surface area contributed by atoms with Crippen LogP contribution >= 0.6 is 0 Å². The van der Waals surface area contributed by atoms with Crippen molar-refractivity contribution < 1.29 is 42.6 Å². The molecule has 68 heavy (non-hydrogen) atoms. The van der Waals surface area contributed by atoms with E-state index >= 15 is 0 Å². The summed E-state index contributed by atoms with van der Waals surface area (Å²) >= 11 is 0. The molecule has 1 aliphatic heterocycles. The zero-order chi connectivity index (χ0) is 47.9. The third-order valence-corrected chi connectivity index (χ3v) is 12.5. The molecule has 4 aromatic rings. The van der Waals surface area contributed by atoms with E-state index in [0.717, 1.165) is 80.9 Å². The zero-order valence-electron chi connectivity index (χ0n) is 42.2. The number of ether oxygens (including phenoxy) is 9. The van der Waals surface area contributed by atoms with Crippen molar-refractivity contribution in [2.24, 2.45) is 0 Å². The van der Waals surface area contributed by atoms with E-state index in [4.69, 9.17) is 47.6 Å². The summed E-state index contributed by atoms with van der Waals surface area (Å²) in [6.45, 7) is 20.3. The summed E-state index contributed by atoms with van der Waals surface area (Å²) in [4.78, 5) is 7.74. The molecule has 5 rings (SSSR count). The van der Waals surface area contributed by atoms with Crippen LogP contribution in [-0.4, -0.2) is 167 Å². The number of hydrogen-bond donors (Lipinski definition) is 1. The maximum absolute atomic E-state index is 6.20. The van der Waals surface area contributed by atoms with Gasteiger partial charge in [-0.25, -0.2) is 9.67 Å². The molecule has 0 spiro atoms. The number of unbranched alkanes of at least 4 members (excludes halogenated alkanes) is 2. The Kier molecular flexibility index (Phi) is 27.6. The molecule has 4 atom stereocenters. The maximum atomic E-state index is 6.20. The van der Waals surface area contributed by atoms with Crippen LogP contribution in [0.15, 0.2) is 54.7 Å². The molecule has 0 aliphatic carbocycles. The van der Waals surface area contributed by atoms with Crippen LogP contribution in [0.25, 0.3) is 11.0 Å². The third-order valence-electron chi connectivity index (χ3n) is 12.5. The number of imidazole rings is 1. The second kappa shape index (κ2) is 33.9. The molecule has 0 radical (unpaired) electrons. The predicted octanol–water partition coefficient (Wildman–Crippen LogP) is 7.43. The van der Waals surface area contributed by atoms with Crippen molar-refractivity contribution in [2.75, 3.05) is 126 Å². The Hall–Kier alpha value is -3.55. The van der Waals surface area contributed by atoms with Crippen LogP contribution < -0.4 is 10.1 Å². The van der Waals surface area contributed by atoms with Gasteiger partial charge in [0.15, 0.2) is 0 Å². The molecule has 0 saturated carbocycles. The van der Waals surface area contributed by atoms with Gasteiger partial charge in [-0.1, -0.05) is 48.9 Å². The van der Waals surface area contributed by atoms with E-state index in [2.05, 4.69) is 108 Å². The van der Waals surface area contributed by atoms with Crippen LogP contribution in [0.5, 0.6) is 5.75 Å². The van der Waals surface area contributed by atoms with E-state index in [9.17, 15) is 0 Å². The largest absolute Gasteiger partial charge is 0.494 e. The first kappa shape index (κ1) is 55.4. The average Bonchev–Trinajstić information content (AvgIpc) is 4.05. The molecule has 1 aliphatic rings. The van der Waals surface area contributed by atoms with Gasteiger partial charge in [-0.05, 0) is 96.9 Å². The van der Waals surface area contributed by atoms with E-state index in [-0.39, 0.29) is 0 Å². The normalized spacial score (nSPS) is 16.3. The molecular weight excluding hydrogens is 867 g/mol. The van der Waals surface area contributed by atoms with Crippen LogP contribution in [0.3, 0.4) is 0 Å². The third kappa shape index (κ3) is 20.8. The Morgan fingerprint density at radius 1 is 0.691 bits per heavy atom. The van der Waals surface area contributed by atoms with Crippen LogP contribution in [0.2, 0.25) is 0 Å². The number of nitrogens with zero attached hydrogens (tertiary/aromatic N) is 6. The van der Waals surface area contributed by atoms with Gasteiger partial charge in [-0.2, -0.15) is 0 Å². The lowest BCUT2D eigenvalue weighted by Crippen LogP contribution is -2.38. The van der Waals surface area contributed by atoms with Gasteiger partial charge in [0.25, 0.3) is 0 Å². The Morgan fingerprint density at radius 2 is 1.29 bits per heavy atom. The molecule has 2 aromatic heterocycles. The first-order valence-corrected chi connectivity index (χ1v) is 25.6. The van der Waals surface area contributed by atoms with Gasteiger partial charge in [0.1, 0.15) is 11.6 Å². The standard InChI is InChI=1S/C52H85N7O9/c1-6-7-23-60-26-28-62-30-32-64-34-36-66-38-39-67-37-35-65-33-31-63-29-27-61-25-22-57-42-47(55-56-57)15-11-12-24-68-49-18-19-52-51(41-49)54-45(4)59(52)44(3)40-48-17-16-43(2)58(48)21-20-50(53-5)46-13-9-8-10-14-46/h8-10,13-14,18-19,41-44,48,50,53H,6-7,11-12,15-17,20-40H2,1-5H3. The van der Waals surface area contributed by atoms with Crippen molar-refractivity contribution in [1.29, 1.82) is 0 Å². The Balaban J connectivity index is 0.827. The van der Waals surface area contributed by atoms with Gasteiger partial charge < -0.3 is 52.5 Å². The monoisotopic (exact) mass is 952 g/mol. The topological polar surface area (TPSA) is 147 Å². The van der Waals surface area contributed by atoms with Crippen molar-refractivity contribution in [3.63, 3.8) is 0 Å². The van der Waals surface area contributed by atoms with Crippen molar-refractivity contribution in [2.45, 2.75) is 116 Å². The number of aromatic nitrogens is 5. The number of benzene rings is 2. The molecule has 382 valence electrons. The van der Waals surface area contributed by atoms with Crippen molar-refractivity contribution in [1.82, 2.24) is 34.8 Å². The highest BCUT2D eigenvalue weighted by molar-refractivity contribution is 5.78. The Labute approximate surface area is 406 Å². The number of hydrogen-bond acceptors (Lipinski definition) is 14. The van der Waals surface area contributed by atoms with E-state index in [1.807, 2.05) is 10.9 Å². The zero-order valence-corrected chi connectivity index (χ0v) is 42.2. The summed E-state index contributed by atoms with van der Waals surface area (Å²) < 4.78 is 54.8.